The number of rotatable bonds is 6. The van der Waals surface area contributed by atoms with Crippen LogP contribution in [0.25, 0.3) is 166 Å². The van der Waals surface area contributed by atoms with Crippen molar-refractivity contribution >= 4 is 134 Å². The molecule has 4 heterocycles. The van der Waals surface area contributed by atoms with Gasteiger partial charge in [-0.3, -0.25) is 0 Å². The predicted molar refractivity (Wildman–Crippen MR) is 340 cm³/mol. The zero-order valence-electron chi connectivity index (χ0n) is 51.9. The Kier molecular flexibility index (Phi) is 7.66. The minimum absolute atomic E-state index is 0.0620. The van der Waals surface area contributed by atoms with Gasteiger partial charge in [0, 0.05) is 63.6 Å². The standard InChI is InChI=1S/C74H40N4S2/c1-76-66-62(45-24-10-4-11-25-45)59(42-75)67(63(46-26-12-5-13-27-46)70(66)77-60-36-18-32-51-49-28-14-15-29-50(49)52-33-19-37-61(77)65(52)64(51)60)78-68-53(38-40-57-55-34-16-30-47(71(55)79-73(57)68)43-20-6-2-7-21-43)54-39-41-58-56-35-17-31-48(44-22-8-3-9-23-44)72(56)80-74(58)69(54)78/h2-41H/i14D,15D,18D,19D,28D,29D,32D,33D,36D,37D. The molecule has 0 N–H and O–H groups in total. The largest absolute Gasteiger partial charge is 0.318 e. The number of hydrogen-bond acceptors (Lipinski definition) is 3. The number of benzene rings is 13. The van der Waals surface area contributed by atoms with Crippen LogP contribution in [0.1, 0.15) is 19.3 Å². The summed E-state index contributed by atoms with van der Waals surface area (Å²) in [7, 11) is 0. The van der Waals surface area contributed by atoms with Crippen LogP contribution in [0.3, 0.4) is 0 Å². The molecule has 6 heteroatoms. The van der Waals surface area contributed by atoms with Crippen LogP contribution in [0.4, 0.5) is 5.69 Å². The molecular weight excluding hydrogens is 1010 g/mol. The van der Waals surface area contributed by atoms with Crippen molar-refractivity contribution in [2.75, 3.05) is 0 Å². The smallest absolute Gasteiger partial charge is 0.220 e. The fraction of sp³-hybridized carbons (Fsp3) is 0. The lowest BCUT2D eigenvalue weighted by molar-refractivity contribution is 1.14. The molecule has 0 aliphatic rings. The Hall–Kier alpha value is -10.3. The Bertz CT molecular complexity index is 5870. The van der Waals surface area contributed by atoms with Crippen LogP contribution in [-0.4, -0.2) is 9.13 Å². The molecule has 0 saturated carbocycles. The van der Waals surface area contributed by atoms with Crippen molar-refractivity contribution in [3.63, 3.8) is 0 Å². The monoisotopic (exact) mass is 1060 g/mol. The van der Waals surface area contributed by atoms with Crippen LogP contribution in [0.2, 0.25) is 0 Å². The molecule has 0 fully saturated rings. The lowest BCUT2D eigenvalue weighted by atomic mass is 9.88. The predicted octanol–water partition coefficient (Wildman–Crippen LogP) is 21.5. The van der Waals surface area contributed by atoms with Crippen molar-refractivity contribution in [2.24, 2.45) is 0 Å². The summed E-state index contributed by atoms with van der Waals surface area (Å²) in [4.78, 5) is 4.46. The number of nitriles is 1. The lowest BCUT2D eigenvalue weighted by Gasteiger charge is -2.26. The molecule has 4 nitrogen and oxygen atoms in total. The van der Waals surface area contributed by atoms with Gasteiger partial charge in [-0.15, -0.1) is 22.7 Å². The summed E-state index contributed by atoms with van der Waals surface area (Å²) in [5, 5.41) is 17.9. The molecule has 0 bridgehead atoms. The van der Waals surface area contributed by atoms with E-state index in [9.17, 15) is 22.8 Å². The van der Waals surface area contributed by atoms with Gasteiger partial charge in [-0.25, -0.2) is 4.85 Å². The van der Waals surface area contributed by atoms with E-state index in [0.29, 0.717) is 22.4 Å². The third kappa shape index (κ3) is 6.06. The highest BCUT2D eigenvalue weighted by atomic mass is 32.1. The zero-order valence-corrected chi connectivity index (χ0v) is 43.6. The molecule has 0 atom stereocenters. The summed E-state index contributed by atoms with van der Waals surface area (Å²) >= 11 is 3.31. The van der Waals surface area contributed by atoms with Gasteiger partial charge in [-0.1, -0.05) is 230 Å². The van der Waals surface area contributed by atoms with Gasteiger partial charge in [0.05, 0.1) is 68.7 Å². The van der Waals surface area contributed by atoms with Gasteiger partial charge in [-0.05, 0) is 67.0 Å². The van der Waals surface area contributed by atoms with Gasteiger partial charge in [0.2, 0.25) is 5.69 Å². The molecule has 17 aromatic rings. The maximum Gasteiger partial charge on any atom is 0.220 e. The van der Waals surface area contributed by atoms with Crippen LogP contribution < -0.4 is 0 Å². The Morgan fingerprint density at radius 3 is 1.27 bits per heavy atom. The summed E-state index contributed by atoms with van der Waals surface area (Å²) in [5.41, 5.74) is 7.58. The number of thiophene rings is 2. The minimum atomic E-state index is -0.619. The average molecular weight is 1060 g/mol. The first-order chi connectivity index (χ1) is 43.8. The molecule has 0 aliphatic heterocycles. The first-order valence-electron chi connectivity index (χ1n) is 31.0. The third-order valence-electron chi connectivity index (χ3n) is 16.0. The maximum atomic E-state index is 12.6. The second-order valence-electron chi connectivity index (χ2n) is 20.0. The molecule has 0 spiro atoms. The number of hydrogen-bond donors (Lipinski definition) is 0. The van der Waals surface area contributed by atoms with E-state index in [2.05, 4.69) is 100 Å². The van der Waals surface area contributed by atoms with Gasteiger partial charge in [0.25, 0.3) is 0 Å². The third-order valence-corrected chi connectivity index (χ3v) is 18.5. The van der Waals surface area contributed by atoms with E-state index in [-0.39, 0.29) is 65.9 Å². The van der Waals surface area contributed by atoms with Crippen LogP contribution in [-0.2, 0) is 0 Å². The van der Waals surface area contributed by atoms with Gasteiger partial charge in [0.1, 0.15) is 6.07 Å². The van der Waals surface area contributed by atoms with Gasteiger partial charge in [0.15, 0.2) is 0 Å². The van der Waals surface area contributed by atoms with E-state index in [0.717, 1.165) is 84.4 Å². The summed E-state index contributed by atoms with van der Waals surface area (Å²) in [5.74, 6) is 0. The van der Waals surface area contributed by atoms with E-state index in [1.807, 2.05) is 97.1 Å². The molecule has 0 amide bonds. The van der Waals surface area contributed by atoms with Crippen molar-refractivity contribution in [1.29, 1.82) is 5.26 Å². The molecule has 80 heavy (non-hydrogen) atoms. The van der Waals surface area contributed by atoms with Gasteiger partial charge >= 0.3 is 0 Å². The van der Waals surface area contributed by atoms with E-state index in [1.54, 1.807) is 27.2 Å². The summed E-state index contributed by atoms with van der Waals surface area (Å²) in [6.45, 7) is 9.60. The molecule has 4 aromatic heterocycles. The fourth-order valence-electron chi connectivity index (χ4n) is 12.7. The number of fused-ring (bicyclic) bond motifs is 14. The van der Waals surface area contributed by atoms with E-state index >= 15 is 0 Å². The maximum absolute atomic E-state index is 12.6. The minimum Gasteiger partial charge on any atom is -0.318 e. The Morgan fingerprint density at radius 1 is 0.388 bits per heavy atom. The van der Waals surface area contributed by atoms with Crippen molar-refractivity contribution in [2.45, 2.75) is 0 Å². The SMILES string of the molecule is [2H]c1c([2H])c([2H])c2c(c1[2H])c1c([2H])c([2H])c([2H])c3c1c1c2c([2H])c([2H])c([2H])c1n3-c1c([N+]#[C-])c(-c2ccccc2)c(C#N)c(-n2c3c(ccc4c5cccc(-c6ccccc6)c5sc43)c3ccc4c5cccc(-c6ccccc6)c5sc4c32)c1-c1ccccc1. The lowest BCUT2D eigenvalue weighted by Crippen LogP contribution is -2.09. The van der Waals surface area contributed by atoms with E-state index in [4.69, 9.17) is 2.74 Å². The molecule has 0 radical (unpaired) electrons. The average Bonchev–Trinajstić information content (AvgIpc) is 1.47. The second-order valence-corrected chi connectivity index (χ2v) is 22.0. The van der Waals surface area contributed by atoms with Gasteiger partial charge < -0.3 is 9.13 Å². The van der Waals surface area contributed by atoms with Crippen molar-refractivity contribution in [3.8, 4) is 62.0 Å². The first-order valence-corrected chi connectivity index (χ1v) is 27.7. The summed E-state index contributed by atoms with van der Waals surface area (Å²) < 4.78 is 104. The zero-order chi connectivity index (χ0) is 61.4. The molecule has 17 rings (SSSR count). The highest BCUT2D eigenvalue weighted by Crippen LogP contribution is 2.56. The van der Waals surface area contributed by atoms with Crippen LogP contribution in [0.5, 0.6) is 0 Å². The molecule has 368 valence electrons. The number of nitrogens with zero attached hydrogens (tertiary/aromatic N) is 4. The van der Waals surface area contributed by atoms with Crippen molar-refractivity contribution < 1.29 is 13.7 Å². The van der Waals surface area contributed by atoms with Crippen LogP contribution in [0, 0.1) is 17.9 Å². The fourth-order valence-corrected chi connectivity index (χ4v) is 15.5. The first kappa shape index (κ1) is 35.9. The Balaban J connectivity index is 1.18. The quantitative estimate of drug-likeness (QED) is 0.121. The normalized spacial score (nSPS) is 13.7. The van der Waals surface area contributed by atoms with E-state index in [1.165, 1.54) is 0 Å². The molecule has 0 unspecified atom stereocenters. The van der Waals surface area contributed by atoms with Crippen molar-refractivity contribution in [3.05, 3.63) is 259 Å². The second kappa shape index (κ2) is 17.1. The number of aromatic nitrogens is 2. The van der Waals surface area contributed by atoms with Crippen LogP contribution >= 0.6 is 22.7 Å². The van der Waals surface area contributed by atoms with E-state index < -0.39 is 60.4 Å². The Morgan fingerprint density at radius 2 is 0.812 bits per heavy atom. The van der Waals surface area contributed by atoms with Crippen molar-refractivity contribution in [1.82, 2.24) is 9.13 Å². The Labute approximate surface area is 480 Å². The molecule has 13 aromatic carbocycles. The summed E-state index contributed by atoms with van der Waals surface area (Å²) in [6.07, 6.45) is 0. The van der Waals surface area contributed by atoms with Gasteiger partial charge in [-0.2, -0.15) is 5.26 Å². The summed E-state index contributed by atoms with van der Waals surface area (Å²) in [6, 6.07) is 57.7. The molecule has 0 aliphatic carbocycles. The highest BCUT2D eigenvalue weighted by molar-refractivity contribution is 7.28. The molecule has 0 saturated heterocycles. The topological polar surface area (TPSA) is 38.0 Å². The van der Waals surface area contributed by atoms with Crippen LogP contribution in [0.15, 0.2) is 242 Å². The highest BCUT2D eigenvalue weighted by Gasteiger charge is 2.34. The molecular formula is C74H40N4S2.